The molecule has 12 heteroatoms. The average molecular weight is 508 g/mol. The zero-order chi connectivity index (χ0) is 26.0. The van der Waals surface area contributed by atoms with E-state index in [2.05, 4.69) is 9.97 Å². The van der Waals surface area contributed by atoms with Crippen LogP contribution >= 0.6 is 11.3 Å². The molecule has 2 amide bonds. The summed E-state index contributed by atoms with van der Waals surface area (Å²) in [5.41, 5.74) is 0.976. The topological polar surface area (TPSA) is 139 Å². The monoisotopic (exact) mass is 507 g/mol. The first-order chi connectivity index (χ1) is 17.2. The summed E-state index contributed by atoms with van der Waals surface area (Å²) in [6.07, 6.45) is 4.00. The third-order valence-electron chi connectivity index (χ3n) is 5.43. The van der Waals surface area contributed by atoms with E-state index in [1.54, 1.807) is 50.6 Å². The minimum absolute atomic E-state index is 0.00110. The van der Waals surface area contributed by atoms with Gasteiger partial charge in [-0.2, -0.15) is 0 Å². The maximum Gasteiger partial charge on any atom is 0.338 e. The molecule has 1 N–H and O–H groups in total. The van der Waals surface area contributed by atoms with Crippen molar-refractivity contribution in [3.63, 3.8) is 0 Å². The van der Waals surface area contributed by atoms with E-state index in [9.17, 15) is 24.5 Å². The smallest absolute Gasteiger partial charge is 0.338 e. The number of methoxy groups -OCH3 is 1. The number of aromatic nitrogens is 2. The van der Waals surface area contributed by atoms with Gasteiger partial charge in [-0.1, -0.05) is 6.07 Å². The number of rotatable bonds is 7. The van der Waals surface area contributed by atoms with Crippen LogP contribution in [-0.4, -0.2) is 58.8 Å². The Balaban J connectivity index is 1.69. The Kier molecular flexibility index (Phi) is 6.79. The van der Waals surface area contributed by atoms with E-state index in [0.29, 0.717) is 26.2 Å². The van der Waals surface area contributed by atoms with Crippen LogP contribution in [0, 0.1) is 10.1 Å². The van der Waals surface area contributed by atoms with Crippen LogP contribution in [0.15, 0.2) is 55.0 Å². The fourth-order valence-corrected chi connectivity index (χ4v) is 4.71. The summed E-state index contributed by atoms with van der Waals surface area (Å²) in [5.74, 6) is -0.868. The van der Waals surface area contributed by atoms with Crippen LogP contribution in [0.4, 0.5) is 16.2 Å². The largest absolute Gasteiger partial charge is 0.465 e. The molecule has 184 valence electrons. The second-order valence-electron chi connectivity index (χ2n) is 7.90. The van der Waals surface area contributed by atoms with Crippen molar-refractivity contribution < 1.29 is 24.0 Å². The quantitative estimate of drug-likeness (QED) is 0.171. The lowest BCUT2D eigenvalue weighted by atomic mass is 10.0. The molecule has 0 aliphatic carbocycles. The van der Waals surface area contributed by atoms with Crippen molar-refractivity contribution in [2.45, 2.75) is 6.54 Å². The summed E-state index contributed by atoms with van der Waals surface area (Å²) >= 11 is 1.16. The van der Waals surface area contributed by atoms with E-state index in [1.165, 1.54) is 29.2 Å². The lowest BCUT2D eigenvalue weighted by Crippen LogP contribution is -2.39. The number of H-pyrrole nitrogens is 1. The van der Waals surface area contributed by atoms with Gasteiger partial charge in [-0.25, -0.2) is 9.59 Å². The highest BCUT2D eigenvalue weighted by Crippen LogP contribution is 2.32. The van der Waals surface area contributed by atoms with Crippen molar-refractivity contribution in [1.82, 2.24) is 14.9 Å². The van der Waals surface area contributed by atoms with Gasteiger partial charge in [-0.3, -0.25) is 24.8 Å². The summed E-state index contributed by atoms with van der Waals surface area (Å²) in [6, 6.07) is 9.29. The van der Waals surface area contributed by atoms with E-state index in [-0.39, 0.29) is 29.3 Å². The first kappa shape index (κ1) is 24.5. The molecule has 0 unspecified atom stereocenters. The number of carbonyl (C=O) groups excluding carboxylic acids is 3. The van der Waals surface area contributed by atoms with Gasteiger partial charge in [0.1, 0.15) is 11.9 Å². The number of hydrogen-bond acceptors (Lipinski definition) is 8. The third kappa shape index (κ3) is 4.53. The summed E-state index contributed by atoms with van der Waals surface area (Å²) in [6.45, 7) is 0.00110. The number of pyridine rings is 1. The highest BCUT2D eigenvalue weighted by Gasteiger charge is 2.27. The fraction of sp³-hybridized carbons (Fsp3) is 0.167. The Labute approximate surface area is 209 Å². The van der Waals surface area contributed by atoms with Crippen LogP contribution in [0.5, 0.6) is 0 Å². The SMILES string of the molecule is COC(=O)c1cccc2[nH]cc(C(=O)c3ccc(CN(C(=O)N(C)C)c4ccncc4[N+](=O)[O-])s3)c12. The molecule has 0 aliphatic heterocycles. The van der Waals surface area contributed by atoms with E-state index >= 15 is 0 Å². The fourth-order valence-electron chi connectivity index (χ4n) is 3.76. The molecule has 0 bridgehead atoms. The van der Waals surface area contributed by atoms with Gasteiger partial charge in [-0.05, 0) is 30.3 Å². The molecule has 4 aromatic rings. The summed E-state index contributed by atoms with van der Waals surface area (Å²) in [7, 11) is 4.36. The molecular weight excluding hydrogens is 486 g/mol. The average Bonchev–Trinajstić information content (AvgIpc) is 3.53. The number of amides is 2. The van der Waals surface area contributed by atoms with Crippen molar-refractivity contribution in [2.24, 2.45) is 0 Å². The predicted molar refractivity (Wildman–Crippen MR) is 134 cm³/mol. The number of esters is 1. The van der Waals surface area contributed by atoms with Gasteiger partial charge in [-0.15, -0.1) is 11.3 Å². The lowest BCUT2D eigenvalue weighted by molar-refractivity contribution is -0.384. The molecular formula is C24H21N5O6S. The maximum atomic E-state index is 13.4. The molecule has 1 aromatic carbocycles. The summed E-state index contributed by atoms with van der Waals surface area (Å²) in [4.78, 5) is 59.9. The number of nitrogens with zero attached hydrogens (tertiary/aromatic N) is 4. The Morgan fingerprint density at radius 1 is 1.14 bits per heavy atom. The minimum atomic E-state index is -0.600. The van der Waals surface area contributed by atoms with E-state index in [1.807, 2.05) is 0 Å². The number of nitro groups is 1. The molecule has 0 spiro atoms. The molecule has 11 nitrogen and oxygen atoms in total. The van der Waals surface area contributed by atoms with Crippen LogP contribution in [0.2, 0.25) is 0 Å². The zero-order valence-corrected chi connectivity index (χ0v) is 20.4. The van der Waals surface area contributed by atoms with Gasteiger partial charge in [0, 0.05) is 47.8 Å². The van der Waals surface area contributed by atoms with Crippen molar-refractivity contribution in [1.29, 1.82) is 0 Å². The number of anilines is 1. The van der Waals surface area contributed by atoms with Crippen molar-refractivity contribution in [2.75, 3.05) is 26.1 Å². The Bertz CT molecular complexity index is 1490. The molecule has 0 aliphatic rings. The van der Waals surface area contributed by atoms with Crippen LogP contribution < -0.4 is 4.90 Å². The Morgan fingerprint density at radius 2 is 1.92 bits per heavy atom. The van der Waals surface area contributed by atoms with Crippen LogP contribution in [0.1, 0.15) is 30.5 Å². The number of urea groups is 1. The Morgan fingerprint density at radius 3 is 2.61 bits per heavy atom. The Hall–Kier alpha value is -4.58. The standard InChI is InChI=1S/C24H21N5O6S/c1-27(2)24(32)28(18-9-10-25-12-19(18)29(33)34)13-14-7-8-20(36-14)22(30)16-11-26-17-6-4-5-15(21(16)17)23(31)35-3/h4-12,26H,13H2,1-3H3. The van der Waals surface area contributed by atoms with Crippen molar-refractivity contribution >= 4 is 51.4 Å². The molecule has 3 heterocycles. The maximum absolute atomic E-state index is 13.4. The van der Waals surface area contributed by atoms with Gasteiger partial charge in [0.05, 0.1) is 29.0 Å². The second kappa shape index (κ2) is 9.96. The summed E-state index contributed by atoms with van der Waals surface area (Å²) in [5, 5.41) is 12.0. The normalized spacial score (nSPS) is 10.8. The van der Waals surface area contributed by atoms with Gasteiger partial charge in [0.25, 0.3) is 0 Å². The van der Waals surface area contributed by atoms with E-state index in [0.717, 1.165) is 17.5 Å². The molecule has 0 atom stereocenters. The van der Waals surface area contributed by atoms with E-state index < -0.39 is 16.9 Å². The highest BCUT2D eigenvalue weighted by atomic mass is 32.1. The molecule has 0 saturated carbocycles. The number of benzene rings is 1. The number of thiophene rings is 1. The highest BCUT2D eigenvalue weighted by molar-refractivity contribution is 7.14. The second-order valence-corrected chi connectivity index (χ2v) is 9.07. The first-order valence-corrected chi connectivity index (χ1v) is 11.4. The summed E-state index contributed by atoms with van der Waals surface area (Å²) < 4.78 is 4.86. The molecule has 4 rings (SSSR count). The molecule has 0 radical (unpaired) electrons. The minimum Gasteiger partial charge on any atom is -0.465 e. The lowest BCUT2D eigenvalue weighted by Gasteiger charge is -2.25. The number of carbonyl (C=O) groups is 3. The number of aromatic amines is 1. The molecule has 0 saturated heterocycles. The zero-order valence-electron chi connectivity index (χ0n) is 19.5. The van der Waals surface area contributed by atoms with Crippen LogP contribution in [0.25, 0.3) is 10.9 Å². The van der Waals surface area contributed by atoms with Crippen molar-refractivity contribution in [3.05, 3.63) is 86.0 Å². The first-order valence-electron chi connectivity index (χ1n) is 10.6. The third-order valence-corrected chi connectivity index (χ3v) is 6.50. The van der Waals surface area contributed by atoms with Gasteiger partial charge in [0.2, 0.25) is 5.78 Å². The van der Waals surface area contributed by atoms with Crippen LogP contribution in [0.3, 0.4) is 0 Å². The van der Waals surface area contributed by atoms with Gasteiger partial charge >= 0.3 is 17.7 Å². The van der Waals surface area contributed by atoms with Crippen LogP contribution in [-0.2, 0) is 11.3 Å². The predicted octanol–water partition coefficient (Wildman–Crippen LogP) is 4.24. The van der Waals surface area contributed by atoms with Crippen molar-refractivity contribution in [3.8, 4) is 0 Å². The molecule has 0 fully saturated rings. The van der Waals surface area contributed by atoms with Gasteiger partial charge in [0.15, 0.2) is 0 Å². The van der Waals surface area contributed by atoms with Gasteiger partial charge < -0.3 is 14.6 Å². The number of ether oxygens (including phenoxy) is 1. The van der Waals surface area contributed by atoms with E-state index in [4.69, 9.17) is 4.74 Å². The molecule has 3 aromatic heterocycles. The number of fused-ring (bicyclic) bond motifs is 1. The number of nitrogens with one attached hydrogen (secondary N) is 1. The molecule has 36 heavy (non-hydrogen) atoms. The number of ketones is 1. The number of hydrogen-bond donors (Lipinski definition) is 1.